The number of benzene rings is 1. The van der Waals surface area contributed by atoms with Crippen LogP contribution < -0.4 is 4.74 Å². The van der Waals surface area contributed by atoms with Crippen molar-refractivity contribution in [2.75, 3.05) is 7.11 Å². The first kappa shape index (κ1) is 10.9. The number of ether oxygens (including phenoxy) is 1. The third-order valence-corrected chi connectivity index (χ3v) is 3.27. The van der Waals surface area contributed by atoms with Gasteiger partial charge in [0.05, 0.1) is 7.11 Å². The molecule has 0 spiro atoms. The SMILES string of the molecule is COc1cc(C)c(Cl)c(C)c1CBr. The summed E-state index contributed by atoms with van der Waals surface area (Å²) < 4.78 is 5.26. The van der Waals surface area contributed by atoms with Gasteiger partial charge < -0.3 is 4.74 Å². The van der Waals surface area contributed by atoms with E-state index in [1.165, 1.54) is 0 Å². The lowest BCUT2D eigenvalue weighted by Gasteiger charge is -2.12. The number of alkyl halides is 1. The molecule has 0 radical (unpaired) electrons. The molecule has 0 aliphatic rings. The van der Waals surface area contributed by atoms with Gasteiger partial charge in [-0.25, -0.2) is 0 Å². The summed E-state index contributed by atoms with van der Waals surface area (Å²) in [6.07, 6.45) is 0. The zero-order valence-electron chi connectivity index (χ0n) is 7.95. The molecular weight excluding hydrogens is 251 g/mol. The molecule has 0 saturated carbocycles. The third-order valence-electron chi connectivity index (χ3n) is 2.13. The van der Waals surface area contributed by atoms with Crippen LogP contribution in [0.25, 0.3) is 0 Å². The van der Waals surface area contributed by atoms with Crippen molar-refractivity contribution < 1.29 is 4.74 Å². The van der Waals surface area contributed by atoms with Gasteiger partial charge in [-0.2, -0.15) is 0 Å². The molecule has 0 fully saturated rings. The van der Waals surface area contributed by atoms with Gasteiger partial charge in [-0.3, -0.25) is 0 Å². The minimum absolute atomic E-state index is 0.766. The molecular formula is C10H12BrClO. The molecule has 13 heavy (non-hydrogen) atoms. The Hall–Kier alpha value is -0.210. The molecule has 0 N–H and O–H groups in total. The van der Waals surface area contributed by atoms with E-state index in [4.69, 9.17) is 16.3 Å². The quantitative estimate of drug-likeness (QED) is 0.736. The number of rotatable bonds is 2. The van der Waals surface area contributed by atoms with Crippen molar-refractivity contribution in [2.45, 2.75) is 19.2 Å². The maximum atomic E-state index is 6.11. The average molecular weight is 264 g/mol. The van der Waals surface area contributed by atoms with E-state index in [-0.39, 0.29) is 0 Å². The fraction of sp³-hybridized carbons (Fsp3) is 0.400. The van der Waals surface area contributed by atoms with Crippen molar-refractivity contribution in [3.8, 4) is 5.75 Å². The highest BCUT2D eigenvalue weighted by molar-refractivity contribution is 9.08. The number of hydrogen-bond donors (Lipinski definition) is 0. The van der Waals surface area contributed by atoms with Gasteiger partial charge >= 0.3 is 0 Å². The molecule has 0 atom stereocenters. The van der Waals surface area contributed by atoms with E-state index in [1.807, 2.05) is 19.9 Å². The highest BCUT2D eigenvalue weighted by Gasteiger charge is 2.10. The molecule has 72 valence electrons. The minimum atomic E-state index is 0.766. The molecule has 0 bridgehead atoms. The lowest BCUT2D eigenvalue weighted by molar-refractivity contribution is 0.410. The zero-order chi connectivity index (χ0) is 10.0. The Kier molecular flexibility index (Phi) is 3.63. The van der Waals surface area contributed by atoms with E-state index in [0.29, 0.717) is 0 Å². The maximum absolute atomic E-state index is 6.11. The van der Waals surface area contributed by atoms with Crippen LogP contribution in [0.4, 0.5) is 0 Å². The summed E-state index contributed by atoms with van der Waals surface area (Å²) in [6.45, 7) is 3.99. The van der Waals surface area contributed by atoms with Gasteiger partial charge in [0.15, 0.2) is 0 Å². The van der Waals surface area contributed by atoms with E-state index >= 15 is 0 Å². The molecule has 1 aromatic carbocycles. The number of hydrogen-bond acceptors (Lipinski definition) is 1. The van der Waals surface area contributed by atoms with Crippen molar-refractivity contribution in [2.24, 2.45) is 0 Å². The molecule has 0 aromatic heterocycles. The van der Waals surface area contributed by atoms with Crippen molar-refractivity contribution in [1.82, 2.24) is 0 Å². The minimum Gasteiger partial charge on any atom is -0.496 e. The predicted octanol–water partition coefficient (Wildman–Crippen LogP) is 3.86. The summed E-state index contributed by atoms with van der Waals surface area (Å²) in [4.78, 5) is 0. The summed E-state index contributed by atoms with van der Waals surface area (Å²) in [7, 11) is 1.67. The predicted molar refractivity (Wildman–Crippen MR) is 60.1 cm³/mol. The Bertz CT molecular complexity index is 323. The van der Waals surface area contributed by atoms with Crippen LogP contribution in [0.15, 0.2) is 6.07 Å². The van der Waals surface area contributed by atoms with Crippen LogP contribution in [0.5, 0.6) is 5.75 Å². The van der Waals surface area contributed by atoms with E-state index in [2.05, 4.69) is 15.9 Å². The molecule has 1 nitrogen and oxygen atoms in total. The summed E-state index contributed by atoms with van der Waals surface area (Å²) >= 11 is 9.53. The number of methoxy groups -OCH3 is 1. The van der Waals surface area contributed by atoms with Crippen LogP contribution in [-0.4, -0.2) is 7.11 Å². The van der Waals surface area contributed by atoms with E-state index in [0.717, 1.165) is 32.8 Å². The van der Waals surface area contributed by atoms with Gasteiger partial charge in [0.25, 0.3) is 0 Å². The summed E-state index contributed by atoms with van der Waals surface area (Å²) in [5.74, 6) is 0.899. The van der Waals surface area contributed by atoms with Gasteiger partial charge in [0.1, 0.15) is 5.75 Å². The van der Waals surface area contributed by atoms with Crippen molar-refractivity contribution in [1.29, 1.82) is 0 Å². The van der Waals surface area contributed by atoms with Crippen LogP contribution in [-0.2, 0) is 5.33 Å². The molecule has 0 aliphatic carbocycles. The van der Waals surface area contributed by atoms with Crippen molar-refractivity contribution >= 4 is 27.5 Å². The van der Waals surface area contributed by atoms with E-state index < -0.39 is 0 Å². The van der Waals surface area contributed by atoms with Crippen LogP contribution >= 0.6 is 27.5 Å². The molecule has 0 unspecified atom stereocenters. The Morgan fingerprint density at radius 1 is 1.46 bits per heavy atom. The smallest absolute Gasteiger partial charge is 0.123 e. The fourth-order valence-corrected chi connectivity index (χ4v) is 2.17. The van der Waals surface area contributed by atoms with Gasteiger partial charge in [0.2, 0.25) is 0 Å². The molecule has 3 heteroatoms. The molecule has 1 rings (SSSR count). The fourth-order valence-electron chi connectivity index (χ4n) is 1.31. The first-order valence-corrected chi connectivity index (χ1v) is 5.50. The second-order valence-electron chi connectivity index (χ2n) is 2.95. The molecule has 1 aromatic rings. The zero-order valence-corrected chi connectivity index (χ0v) is 10.3. The van der Waals surface area contributed by atoms with Crippen LogP contribution in [0.2, 0.25) is 5.02 Å². The highest BCUT2D eigenvalue weighted by Crippen LogP contribution is 2.32. The third kappa shape index (κ3) is 2.00. The van der Waals surface area contributed by atoms with Gasteiger partial charge in [-0.05, 0) is 31.0 Å². The largest absolute Gasteiger partial charge is 0.496 e. The van der Waals surface area contributed by atoms with Gasteiger partial charge in [0, 0.05) is 15.9 Å². The van der Waals surface area contributed by atoms with Crippen LogP contribution in [0.3, 0.4) is 0 Å². The summed E-state index contributed by atoms with van der Waals surface area (Å²) in [6, 6.07) is 1.96. The first-order valence-electron chi connectivity index (χ1n) is 4.00. The second-order valence-corrected chi connectivity index (χ2v) is 3.89. The molecule has 0 amide bonds. The summed E-state index contributed by atoms with van der Waals surface area (Å²) in [5, 5.41) is 1.59. The lowest BCUT2D eigenvalue weighted by atomic mass is 10.1. The average Bonchev–Trinajstić information content (AvgIpc) is 2.13. The number of halogens is 2. The second kappa shape index (κ2) is 4.34. The van der Waals surface area contributed by atoms with Crippen LogP contribution in [0.1, 0.15) is 16.7 Å². The van der Waals surface area contributed by atoms with Crippen molar-refractivity contribution in [3.05, 3.63) is 27.8 Å². The Balaban J connectivity index is 3.39. The molecule has 0 heterocycles. The maximum Gasteiger partial charge on any atom is 0.123 e. The Morgan fingerprint density at radius 2 is 2.08 bits per heavy atom. The van der Waals surface area contributed by atoms with Crippen LogP contribution in [0, 0.1) is 13.8 Å². The lowest BCUT2D eigenvalue weighted by Crippen LogP contribution is -1.95. The normalized spacial score (nSPS) is 10.2. The van der Waals surface area contributed by atoms with Crippen molar-refractivity contribution in [3.63, 3.8) is 0 Å². The van der Waals surface area contributed by atoms with Gasteiger partial charge in [-0.15, -0.1) is 0 Å². The van der Waals surface area contributed by atoms with E-state index in [9.17, 15) is 0 Å². The number of aryl methyl sites for hydroxylation is 1. The Labute approximate surface area is 92.2 Å². The summed E-state index contributed by atoms with van der Waals surface area (Å²) in [5.41, 5.74) is 3.27. The standard InChI is InChI=1S/C10H12BrClO/c1-6-4-9(13-3)8(5-11)7(2)10(6)12/h4H,5H2,1-3H3. The Morgan fingerprint density at radius 3 is 2.54 bits per heavy atom. The topological polar surface area (TPSA) is 9.23 Å². The molecule has 0 saturated heterocycles. The van der Waals surface area contributed by atoms with Gasteiger partial charge in [-0.1, -0.05) is 27.5 Å². The molecule has 0 aliphatic heterocycles. The first-order chi connectivity index (χ1) is 6.11. The monoisotopic (exact) mass is 262 g/mol. The highest BCUT2D eigenvalue weighted by atomic mass is 79.9. The van der Waals surface area contributed by atoms with E-state index in [1.54, 1.807) is 7.11 Å².